The van der Waals surface area contributed by atoms with Gasteiger partial charge >= 0.3 is 5.97 Å². The number of nitrogens with zero attached hydrogens (tertiary/aromatic N) is 1. The summed E-state index contributed by atoms with van der Waals surface area (Å²) in [6, 6.07) is 27.9. The number of ether oxygens (including phenoxy) is 2. The summed E-state index contributed by atoms with van der Waals surface area (Å²) in [6.07, 6.45) is 0. The number of carbonyl (C=O) groups is 1. The molecule has 0 atom stereocenters. The van der Waals surface area contributed by atoms with E-state index in [4.69, 9.17) is 9.47 Å². The van der Waals surface area contributed by atoms with Crippen LogP contribution in [-0.4, -0.2) is 46.6 Å². The fourth-order valence-electron chi connectivity index (χ4n) is 4.61. The lowest BCUT2D eigenvalue weighted by Gasteiger charge is -2.29. The van der Waals surface area contributed by atoms with E-state index in [0.29, 0.717) is 33.8 Å². The van der Waals surface area contributed by atoms with E-state index in [-0.39, 0.29) is 13.2 Å². The number of aliphatic hydroxyl groups excluding tert-OH is 3. The summed E-state index contributed by atoms with van der Waals surface area (Å²) in [5, 5.41) is 41.5. The fourth-order valence-corrected chi connectivity index (χ4v) is 4.61. The van der Waals surface area contributed by atoms with Crippen molar-refractivity contribution in [1.29, 1.82) is 5.26 Å². The number of nitrogens with one attached hydrogen (secondary N) is 1. The van der Waals surface area contributed by atoms with Crippen LogP contribution in [-0.2, 0) is 13.2 Å². The molecule has 0 bridgehead atoms. The van der Waals surface area contributed by atoms with Crippen molar-refractivity contribution >= 4 is 5.97 Å². The quantitative estimate of drug-likeness (QED) is 0.146. The summed E-state index contributed by atoms with van der Waals surface area (Å²) >= 11 is 0. The van der Waals surface area contributed by atoms with Crippen LogP contribution in [0.3, 0.4) is 0 Å². The van der Waals surface area contributed by atoms with Crippen LogP contribution in [0.5, 0.6) is 11.5 Å². The van der Waals surface area contributed by atoms with Gasteiger partial charge < -0.3 is 30.1 Å². The topological polar surface area (TPSA) is 132 Å². The minimum absolute atomic E-state index is 0.141. The number of carbonyl (C=O) groups excluding carboxylic acids is 1. The Bertz CT molecular complexity index is 1570. The molecule has 8 heteroatoms. The molecule has 0 aliphatic rings. The number of rotatable bonds is 12. The predicted molar refractivity (Wildman–Crippen MR) is 159 cm³/mol. The van der Waals surface area contributed by atoms with E-state index in [1.807, 2.05) is 55.5 Å². The number of esters is 1. The van der Waals surface area contributed by atoms with Gasteiger partial charge in [-0.3, -0.25) is 0 Å². The molecule has 4 rings (SSSR count). The molecule has 0 spiro atoms. The van der Waals surface area contributed by atoms with Crippen molar-refractivity contribution in [1.82, 2.24) is 5.32 Å². The zero-order valence-electron chi connectivity index (χ0n) is 23.6. The summed E-state index contributed by atoms with van der Waals surface area (Å²) in [7, 11) is 0. The van der Waals surface area contributed by atoms with Crippen LogP contribution in [0, 0.1) is 25.2 Å². The van der Waals surface area contributed by atoms with Crippen LogP contribution < -0.4 is 14.8 Å². The van der Waals surface area contributed by atoms with Gasteiger partial charge in [0.2, 0.25) is 0 Å². The number of aliphatic hydroxyl groups is 3. The number of benzene rings is 4. The molecule has 4 aromatic carbocycles. The largest absolute Gasteiger partial charge is 0.488 e. The second-order valence-corrected chi connectivity index (χ2v) is 10.1. The van der Waals surface area contributed by atoms with Crippen molar-refractivity contribution < 1.29 is 29.6 Å². The Balaban J connectivity index is 1.65. The van der Waals surface area contributed by atoms with E-state index in [9.17, 15) is 25.4 Å². The molecule has 0 saturated carbocycles. The molecule has 0 saturated heterocycles. The fraction of sp³-hybridized carbons (Fsp3) is 0.235. The highest BCUT2D eigenvalue weighted by Gasteiger charge is 2.28. The lowest BCUT2D eigenvalue weighted by atomic mass is 9.96. The smallest absolute Gasteiger partial charge is 0.343 e. The molecule has 216 valence electrons. The van der Waals surface area contributed by atoms with Crippen molar-refractivity contribution in [3.8, 4) is 28.7 Å². The predicted octanol–water partition coefficient (Wildman–Crippen LogP) is 4.45. The van der Waals surface area contributed by atoms with Crippen LogP contribution in [0.1, 0.15) is 38.2 Å². The molecule has 4 N–H and O–H groups in total. The maximum Gasteiger partial charge on any atom is 0.343 e. The Labute approximate surface area is 245 Å². The third-order valence-electron chi connectivity index (χ3n) is 7.28. The van der Waals surface area contributed by atoms with Gasteiger partial charge in [0, 0.05) is 17.7 Å². The molecule has 4 aromatic rings. The van der Waals surface area contributed by atoms with E-state index >= 15 is 0 Å². The number of hydrogen-bond acceptors (Lipinski definition) is 8. The average Bonchev–Trinajstić information content (AvgIpc) is 3.03. The first-order valence-corrected chi connectivity index (χ1v) is 13.5. The van der Waals surface area contributed by atoms with Gasteiger partial charge in [-0.2, -0.15) is 5.26 Å². The van der Waals surface area contributed by atoms with Crippen LogP contribution in [0.4, 0.5) is 0 Å². The zero-order chi connectivity index (χ0) is 30.1. The highest BCUT2D eigenvalue weighted by Crippen LogP contribution is 2.34. The third-order valence-corrected chi connectivity index (χ3v) is 7.28. The first kappa shape index (κ1) is 30.4. The zero-order valence-corrected chi connectivity index (χ0v) is 23.6. The van der Waals surface area contributed by atoms with Crippen LogP contribution >= 0.6 is 0 Å². The van der Waals surface area contributed by atoms with Gasteiger partial charge in [0.15, 0.2) is 0 Å². The van der Waals surface area contributed by atoms with Gasteiger partial charge in [-0.25, -0.2) is 4.79 Å². The lowest BCUT2D eigenvalue weighted by Crippen LogP contribution is -2.54. The third kappa shape index (κ3) is 6.85. The molecule has 42 heavy (non-hydrogen) atoms. The van der Waals surface area contributed by atoms with Crippen LogP contribution in [0.15, 0.2) is 84.9 Å². The van der Waals surface area contributed by atoms with E-state index in [1.165, 1.54) is 0 Å². The maximum absolute atomic E-state index is 13.4. The first-order chi connectivity index (χ1) is 20.3. The minimum Gasteiger partial charge on any atom is -0.488 e. The molecule has 0 radical (unpaired) electrons. The van der Waals surface area contributed by atoms with E-state index in [1.54, 1.807) is 43.3 Å². The van der Waals surface area contributed by atoms with Gasteiger partial charge in [0.1, 0.15) is 18.1 Å². The molecule has 0 aliphatic heterocycles. The monoisotopic (exact) mass is 566 g/mol. The van der Waals surface area contributed by atoms with E-state index in [0.717, 1.165) is 22.3 Å². The molecule has 0 aliphatic carbocycles. The standard InChI is InChI=1S/C34H34N2O6/c1-23-29(27-10-4-3-5-11-27)12-7-13-30(23)33(40)42-31-15-14-28(18-36-34(20-37,21-38)22-39)32(24(31)2)41-19-26-9-6-8-25(16-26)17-35/h3-16,36-39H,18-22H2,1-2H3. The van der Waals surface area contributed by atoms with Crippen molar-refractivity contribution in [2.45, 2.75) is 32.5 Å². The molecule has 0 fully saturated rings. The molecule has 0 unspecified atom stereocenters. The van der Waals surface area contributed by atoms with Gasteiger partial charge in [-0.1, -0.05) is 60.7 Å². The number of hydrogen-bond donors (Lipinski definition) is 4. The van der Waals surface area contributed by atoms with Crippen LogP contribution in [0.25, 0.3) is 11.1 Å². The Morgan fingerprint density at radius 2 is 1.60 bits per heavy atom. The average molecular weight is 567 g/mol. The van der Waals surface area contributed by atoms with E-state index in [2.05, 4.69) is 11.4 Å². The van der Waals surface area contributed by atoms with Gasteiger partial charge in [-0.05, 0) is 60.4 Å². The Morgan fingerprint density at radius 1 is 0.881 bits per heavy atom. The highest BCUT2D eigenvalue weighted by molar-refractivity contribution is 5.95. The Hall–Kier alpha value is -4.52. The van der Waals surface area contributed by atoms with E-state index < -0.39 is 31.3 Å². The molecule has 0 heterocycles. The van der Waals surface area contributed by atoms with Crippen molar-refractivity contribution in [2.24, 2.45) is 0 Å². The maximum atomic E-state index is 13.4. The van der Waals surface area contributed by atoms with Gasteiger partial charge in [0.05, 0.1) is 42.6 Å². The molecule has 0 amide bonds. The Morgan fingerprint density at radius 3 is 2.29 bits per heavy atom. The molecule has 8 nitrogen and oxygen atoms in total. The minimum atomic E-state index is -1.29. The van der Waals surface area contributed by atoms with Gasteiger partial charge in [0.25, 0.3) is 0 Å². The normalized spacial score (nSPS) is 11.1. The van der Waals surface area contributed by atoms with Crippen molar-refractivity contribution in [3.63, 3.8) is 0 Å². The van der Waals surface area contributed by atoms with Crippen molar-refractivity contribution in [3.05, 3.63) is 118 Å². The second-order valence-electron chi connectivity index (χ2n) is 10.1. The molecular weight excluding hydrogens is 532 g/mol. The lowest BCUT2D eigenvalue weighted by molar-refractivity contribution is 0.0411. The van der Waals surface area contributed by atoms with Gasteiger partial charge in [-0.15, -0.1) is 0 Å². The summed E-state index contributed by atoms with van der Waals surface area (Å²) in [4.78, 5) is 13.4. The first-order valence-electron chi connectivity index (χ1n) is 13.5. The summed E-state index contributed by atoms with van der Waals surface area (Å²) in [5.41, 5.74) is 4.39. The summed E-state index contributed by atoms with van der Waals surface area (Å²) in [6.45, 7) is 2.51. The van der Waals surface area contributed by atoms with Crippen molar-refractivity contribution in [2.75, 3.05) is 19.8 Å². The molecule has 0 aromatic heterocycles. The highest BCUT2D eigenvalue weighted by atomic mass is 16.5. The molecular formula is C34H34N2O6. The second kappa shape index (κ2) is 13.9. The summed E-state index contributed by atoms with van der Waals surface area (Å²) in [5.74, 6) is 0.242. The Kier molecular flexibility index (Phi) is 10.1. The summed E-state index contributed by atoms with van der Waals surface area (Å²) < 4.78 is 12.1. The van der Waals surface area contributed by atoms with Crippen LogP contribution in [0.2, 0.25) is 0 Å². The SMILES string of the molecule is Cc1c(C(=O)Oc2ccc(CNC(CO)(CO)CO)c(OCc3cccc(C#N)c3)c2C)cccc1-c1ccccc1. The number of nitriles is 1.